The Labute approximate surface area is 283 Å². The Hall–Kier alpha value is -2.15. The smallest absolute Gasteiger partial charge is 0.326 e. The number of nitrogens with two attached hydrogens (primary N) is 1. The van der Waals surface area contributed by atoms with Crippen molar-refractivity contribution in [3.8, 4) is 0 Å². The molecule has 0 rings (SSSR count). The molecule has 0 spiro atoms. The van der Waals surface area contributed by atoms with Gasteiger partial charge >= 0.3 is 11.9 Å². The molecule has 0 aliphatic carbocycles. The molecule has 0 radical (unpaired) electrons. The molecule has 7 heteroatoms. The number of aliphatic carboxylic acids is 1. The molecule has 0 saturated heterocycles. The predicted molar refractivity (Wildman–Crippen MR) is 193 cm³/mol. The zero-order valence-electron chi connectivity index (χ0n) is 29.9. The first-order valence-corrected chi connectivity index (χ1v) is 19.2. The number of carboxylic acids is 1. The van der Waals surface area contributed by atoms with Crippen LogP contribution < -0.4 is 11.1 Å². The van der Waals surface area contributed by atoms with Gasteiger partial charge in [-0.1, -0.05) is 122 Å². The van der Waals surface area contributed by atoms with Gasteiger partial charge in [-0.3, -0.25) is 9.59 Å². The average molecular weight is 649 g/mol. The van der Waals surface area contributed by atoms with Crippen LogP contribution in [0.5, 0.6) is 0 Å². The van der Waals surface area contributed by atoms with Crippen molar-refractivity contribution < 1.29 is 24.2 Å². The fourth-order valence-corrected chi connectivity index (χ4v) is 5.52. The Bertz CT molecular complexity index is 782. The van der Waals surface area contributed by atoms with E-state index in [1.165, 1.54) is 83.5 Å². The van der Waals surface area contributed by atoms with Crippen molar-refractivity contribution >= 4 is 17.8 Å². The molecule has 2 atom stereocenters. The second-order valence-electron chi connectivity index (χ2n) is 13.0. The largest absolute Gasteiger partial charge is 0.480 e. The maximum absolute atomic E-state index is 12.6. The number of carboxylic acid groups (broad SMARTS) is 1. The minimum Gasteiger partial charge on any atom is -0.480 e. The molecular weight excluding hydrogens is 576 g/mol. The van der Waals surface area contributed by atoms with Crippen LogP contribution in [0.25, 0.3) is 0 Å². The molecule has 0 fully saturated rings. The van der Waals surface area contributed by atoms with E-state index in [0.717, 1.165) is 64.2 Å². The number of amides is 1. The van der Waals surface area contributed by atoms with Gasteiger partial charge in [-0.15, -0.1) is 0 Å². The second kappa shape index (κ2) is 34.2. The van der Waals surface area contributed by atoms with Gasteiger partial charge in [0.15, 0.2) is 0 Å². The standard InChI is InChI=1S/C39H72N2O5/c1-3-5-7-9-11-13-14-15-17-23-27-33-38(43)46-35(29-24-20-16-12-10-8-6-4-2)30-25-21-18-19-22-26-32-37(42)41-36(39(44)45)31-28-34-40/h9,11,24,29,35-36H,3-8,10,12-23,25-28,30-34,40H2,1-2H3,(H,41,42)(H,44,45)/b11-9-,29-24-. The van der Waals surface area contributed by atoms with E-state index in [2.05, 4.69) is 43.5 Å². The van der Waals surface area contributed by atoms with Gasteiger partial charge in [0.2, 0.25) is 5.91 Å². The van der Waals surface area contributed by atoms with Gasteiger partial charge in [0.05, 0.1) is 0 Å². The minimum atomic E-state index is -1.00. The molecule has 46 heavy (non-hydrogen) atoms. The van der Waals surface area contributed by atoms with Crippen molar-refractivity contribution in [3.63, 3.8) is 0 Å². The molecule has 0 saturated carbocycles. The summed E-state index contributed by atoms with van der Waals surface area (Å²) in [5.41, 5.74) is 5.46. The first kappa shape index (κ1) is 43.9. The van der Waals surface area contributed by atoms with Crippen LogP contribution in [0.1, 0.15) is 187 Å². The first-order chi connectivity index (χ1) is 22.4. The SMILES string of the molecule is CCCC/C=C\CCCCCCCC(=O)OC(/C=C\CCCCCCCC)CCCCCCCCC(=O)NC(CCCN)C(=O)O. The summed E-state index contributed by atoms with van der Waals surface area (Å²) in [6, 6.07) is -0.851. The number of rotatable bonds is 34. The number of carbonyl (C=O) groups excluding carboxylic acids is 2. The summed E-state index contributed by atoms with van der Waals surface area (Å²) in [6.07, 6.45) is 36.6. The molecule has 0 aliphatic heterocycles. The summed E-state index contributed by atoms with van der Waals surface area (Å²) in [6.45, 7) is 4.88. The number of hydrogen-bond donors (Lipinski definition) is 3. The lowest BCUT2D eigenvalue weighted by Gasteiger charge is -2.15. The van der Waals surface area contributed by atoms with Crippen LogP contribution in [0.4, 0.5) is 0 Å². The summed E-state index contributed by atoms with van der Waals surface area (Å²) in [5.74, 6) is -1.28. The molecule has 7 nitrogen and oxygen atoms in total. The topological polar surface area (TPSA) is 119 Å². The number of nitrogens with one attached hydrogen (secondary N) is 1. The Morgan fingerprint density at radius 2 is 1.15 bits per heavy atom. The fourth-order valence-electron chi connectivity index (χ4n) is 5.52. The van der Waals surface area contributed by atoms with Gasteiger partial charge in [-0.25, -0.2) is 4.79 Å². The molecule has 1 amide bonds. The van der Waals surface area contributed by atoms with Gasteiger partial charge < -0.3 is 20.9 Å². The zero-order valence-corrected chi connectivity index (χ0v) is 29.9. The van der Waals surface area contributed by atoms with Crippen LogP contribution in [0, 0.1) is 0 Å². The van der Waals surface area contributed by atoms with Crippen LogP contribution in [0.3, 0.4) is 0 Å². The maximum atomic E-state index is 12.6. The van der Waals surface area contributed by atoms with E-state index in [-0.39, 0.29) is 18.0 Å². The Morgan fingerprint density at radius 3 is 1.76 bits per heavy atom. The van der Waals surface area contributed by atoms with Crippen molar-refractivity contribution in [2.24, 2.45) is 5.73 Å². The number of hydrogen-bond acceptors (Lipinski definition) is 5. The third kappa shape index (κ3) is 30.5. The third-order valence-corrected chi connectivity index (χ3v) is 8.47. The van der Waals surface area contributed by atoms with Crippen LogP contribution in [-0.4, -0.2) is 41.6 Å². The highest BCUT2D eigenvalue weighted by atomic mass is 16.5. The Morgan fingerprint density at radius 1 is 0.630 bits per heavy atom. The van der Waals surface area contributed by atoms with Crippen molar-refractivity contribution in [1.82, 2.24) is 5.32 Å². The van der Waals surface area contributed by atoms with Crippen LogP contribution in [0.2, 0.25) is 0 Å². The summed E-state index contributed by atoms with van der Waals surface area (Å²) in [4.78, 5) is 36.1. The second-order valence-corrected chi connectivity index (χ2v) is 13.0. The van der Waals surface area contributed by atoms with Gasteiger partial charge in [-0.05, 0) is 83.2 Å². The minimum absolute atomic E-state index is 0.0699. The molecule has 4 N–H and O–H groups in total. The zero-order chi connectivity index (χ0) is 33.9. The lowest BCUT2D eigenvalue weighted by molar-refractivity contribution is -0.147. The molecule has 0 heterocycles. The van der Waals surface area contributed by atoms with Crippen molar-refractivity contribution in [2.45, 2.75) is 199 Å². The molecule has 0 aromatic heterocycles. The Balaban J connectivity index is 4.30. The van der Waals surface area contributed by atoms with Crippen molar-refractivity contribution in [1.29, 1.82) is 0 Å². The maximum Gasteiger partial charge on any atom is 0.326 e. The number of allylic oxidation sites excluding steroid dienone is 3. The summed E-state index contributed by atoms with van der Waals surface area (Å²) < 4.78 is 5.92. The predicted octanol–water partition coefficient (Wildman–Crippen LogP) is 10.1. The van der Waals surface area contributed by atoms with Gasteiger partial charge in [0.25, 0.3) is 0 Å². The number of esters is 1. The van der Waals surface area contributed by atoms with Gasteiger partial charge in [0, 0.05) is 12.8 Å². The molecule has 0 bridgehead atoms. The number of ether oxygens (including phenoxy) is 1. The summed E-state index contributed by atoms with van der Waals surface area (Å²) in [7, 11) is 0. The lowest BCUT2D eigenvalue weighted by atomic mass is 10.0. The number of carbonyl (C=O) groups is 3. The molecule has 268 valence electrons. The van der Waals surface area contributed by atoms with E-state index in [9.17, 15) is 19.5 Å². The van der Waals surface area contributed by atoms with Crippen LogP contribution in [0.15, 0.2) is 24.3 Å². The normalized spacial score (nSPS) is 12.9. The third-order valence-electron chi connectivity index (χ3n) is 8.47. The van der Waals surface area contributed by atoms with Gasteiger partial charge in [0.1, 0.15) is 12.1 Å². The van der Waals surface area contributed by atoms with Gasteiger partial charge in [-0.2, -0.15) is 0 Å². The van der Waals surface area contributed by atoms with E-state index in [1.807, 2.05) is 0 Å². The van der Waals surface area contributed by atoms with E-state index in [4.69, 9.17) is 10.5 Å². The van der Waals surface area contributed by atoms with Crippen molar-refractivity contribution in [3.05, 3.63) is 24.3 Å². The van der Waals surface area contributed by atoms with Crippen LogP contribution >= 0.6 is 0 Å². The summed E-state index contributed by atoms with van der Waals surface area (Å²) in [5, 5.41) is 11.9. The van der Waals surface area contributed by atoms with E-state index in [1.54, 1.807) is 0 Å². The molecule has 0 aliphatic rings. The molecule has 0 aromatic rings. The Kier molecular flexibility index (Phi) is 32.6. The fraction of sp³-hybridized carbons (Fsp3) is 0.821. The van der Waals surface area contributed by atoms with Crippen LogP contribution in [-0.2, 0) is 19.1 Å². The molecular formula is C39H72N2O5. The summed E-state index contributed by atoms with van der Waals surface area (Å²) >= 11 is 0. The molecule has 0 aromatic carbocycles. The highest BCUT2D eigenvalue weighted by Gasteiger charge is 2.18. The monoisotopic (exact) mass is 649 g/mol. The molecule has 2 unspecified atom stereocenters. The highest BCUT2D eigenvalue weighted by molar-refractivity contribution is 5.83. The van der Waals surface area contributed by atoms with E-state index < -0.39 is 12.0 Å². The lowest BCUT2D eigenvalue weighted by Crippen LogP contribution is -2.40. The van der Waals surface area contributed by atoms with E-state index >= 15 is 0 Å². The highest BCUT2D eigenvalue weighted by Crippen LogP contribution is 2.16. The quantitative estimate of drug-likeness (QED) is 0.0363. The number of unbranched alkanes of at least 4 members (excludes halogenated alkanes) is 18. The first-order valence-electron chi connectivity index (χ1n) is 19.2. The average Bonchev–Trinajstić information content (AvgIpc) is 3.03. The van der Waals surface area contributed by atoms with E-state index in [0.29, 0.717) is 32.2 Å². The van der Waals surface area contributed by atoms with Crippen molar-refractivity contribution in [2.75, 3.05) is 6.54 Å².